The van der Waals surface area contributed by atoms with E-state index in [4.69, 9.17) is 5.73 Å². The molecule has 0 saturated carbocycles. The molecule has 0 bridgehead atoms. The van der Waals surface area contributed by atoms with Crippen molar-refractivity contribution < 1.29 is 4.79 Å². The Labute approximate surface area is 131 Å². The summed E-state index contributed by atoms with van der Waals surface area (Å²) in [7, 11) is 1.79. The Morgan fingerprint density at radius 1 is 1.40 bits per heavy atom. The minimum atomic E-state index is -0.495. The molecule has 0 spiro atoms. The van der Waals surface area contributed by atoms with Crippen molar-refractivity contribution in [2.45, 2.75) is 19.0 Å². The third kappa shape index (κ3) is 4.16. The lowest BCUT2D eigenvalue weighted by Crippen LogP contribution is -2.42. The average Bonchev–Trinajstić information content (AvgIpc) is 2.84. The minimum absolute atomic E-state index is 0.0293. The number of benzene rings is 1. The number of nitrogens with zero attached hydrogens (tertiary/aromatic N) is 1. The van der Waals surface area contributed by atoms with E-state index < -0.39 is 6.04 Å². The number of thiophene rings is 1. The molecule has 20 heavy (non-hydrogen) atoms. The minimum Gasteiger partial charge on any atom is -0.339 e. The average molecular weight is 353 g/mol. The molecule has 1 atom stereocenters. The molecule has 0 aliphatic rings. The van der Waals surface area contributed by atoms with Crippen molar-refractivity contribution in [3.63, 3.8) is 0 Å². The molecular formula is C15H17BrN2OS. The SMILES string of the molecule is CN(Cc1cc(Br)cs1)C(=O)C(N)Cc1ccccc1. The Bertz CT molecular complexity index is 570. The first kappa shape index (κ1) is 15.2. The second-order valence-electron chi connectivity index (χ2n) is 4.72. The van der Waals surface area contributed by atoms with Gasteiger partial charge in [-0.25, -0.2) is 0 Å². The van der Waals surface area contributed by atoms with Crippen LogP contribution in [0.5, 0.6) is 0 Å². The maximum absolute atomic E-state index is 12.3. The van der Waals surface area contributed by atoms with Crippen LogP contribution in [0.2, 0.25) is 0 Å². The van der Waals surface area contributed by atoms with Crippen LogP contribution in [0, 0.1) is 0 Å². The van der Waals surface area contributed by atoms with Crippen LogP contribution in [-0.2, 0) is 17.8 Å². The van der Waals surface area contributed by atoms with Crippen molar-refractivity contribution in [2.75, 3.05) is 7.05 Å². The van der Waals surface area contributed by atoms with Gasteiger partial charge in [0, 0.05) is 21.8 Å². The second kappa shape index (κ2) is 7.02. The smallest absolute Gasteiger partial charge is 0.239 e. The summed E-state index contributed by atoms with van der Waals surface area (Å²) < 4.78 is 1.05. The summed E-state index contributed by atoms with van der Waals surface area (Å²) in [5.41, 5.74) is 7.10. The van der Waals surface area contributed by atoms with Crippen molar-refractivity contribution in [3.8, 4) is 0 Å². The quantitative estimate of drug-likeness (QED) is 0.898. The molecule has 1 aromatic carbocycles. The van der Waals surface area contributed by atoms with E-state index in [-0.39, 0.29) is 5.91 Å². The number of hydrogen-bond acceptors (Lipinski definition) is 3. The molecular weight excluding hydrogens is 336 g/mol. The standard InChI is InChI=1S/C15H17BrN2OS/c1-18(9-13-8-12(16)10-20-13)15(19)14(17)7-11-5-3-2-4-6-11/h2-6,8,10,14H,7,9,17H2,1H3. The molecule has 1 amide bonds. The number of nitrogens with two attached hydrogens (primary N) is 1. The number of halogens is 1. The normalized spacial score (nSPS) is 12.2. The van der Waals surface area contributed by atoms with Gasteiger partial charge in [-0.1, -0.05) is 30.3 Å². The molecule has 5 heteroatoms. The highest BCUT2D eigenvalue weighted by Crippen LogP contribution is 2.21. The molecule has 106 valence electrons. The van der Waals surface area contributed by atoms with Crippen LogP contribution in [0.1, 0.15) is 10.4 Å². The molecule has 2 rings (SSSR count). The van der Waals surface area contributed by atoms with Crippen LogP contribution in [0.4, 0.5) is 0 Å². The molecule has 0 radical (unpaired) electrons. The van der Waals surface area contributed by atoms with E-state index in [0.717, 1.165) is 14.9 Å². The zero-order chi connectivity index (χ0) is 14.5. The Kier molecular flexibility index (Phi) is 5.34. The van der Waals surface area contributed by atoms with Gasteiger partial charge in [-0.15, -0.1) is 11.3 Å². The van der Waals surface area contributed by atoms with Crippen molar-refractivity contribution in [1.82, 2.24) is 4.90 Å². The maximum Gasteiger partial charge on any atom is 0.239 e. The van der Waals surface area contributed by atoms with Gasteiger partial charge in [0.15, 0.2) is 0 Å². The zero-order valence-corrected chi connectivity index (χ0v) is 13.7. The summed E-state index contributed by atoms with van der Waals surface area (Å²) >= 11 is 5.04. The monoisotopic (exact) mass is 352 g/mol. The fourth-order valence-electron chi connectivity index (χ4n) is 1.99. The van der Waals surface area contributed by atoms with Gasteiger partial charge in [0.25, 0.3) is 0 Å². The largest absolute Gasteiger partial charge is 0.339 e. The fourth-order valence-corrected chi connectivity index (χ4v) is 3.49. The van der Waals surface area contributed by atoms with Gasteiger partial charge < -0.3 is 10.6 Å². The van der Waals surface area contributed by atoms with Gasteiger partial charge in [0.1, 0.15) is 0 Å². The van der Waals surface area contributed by atoms with Gasteiger partial charge in [0.2, 0.25) is 5.91 Å². The van der Waals surface area contributed by atoms with E-state index >= 15 is 0 Å². The Balaban J connectivity index is 1.92. The second-order valence-corrected chi connectivity index (χ2v) is 6.63. The molecule has 0 aliphatic carbocycles. The summed E-state index contributed by atoms with van der Waals surface area (Å²) in [6.07, 6.45) is 0.568. The van der Waals surface area contributed by atoms with Gasteiger partial charge in [0.05, 0.1) is 12.6 Å². The van der Waals surface area contributed by atoms with E-state index in [1.165, 1.54) is 0 Å². The van der Waals surface area contributed by atoms with Gasteiger partial charge in [-0.3, -0.25) is 4.79 Å². The van der Waals surface area contributed by atoms with E-state index in [2.05, 4.69) is 15.9 Å². The third-order valence-electron chi connectivity index (χ3n) is 3.01. The number of rotatable bonds is 5. The highest BCUT2D eigenvalue weighted by molar-refractivity contribution is 9.10. The number of hydrogen-bond donors (Lipinski definition) is 1. The lowest BCUT2D eigenvalue weighted by molar-refractivity contribution is -0.131. The number of likely N-dealkylation sites (N-methyl/N-ethyl adjacent to an activating group) is 1. The Morgan fingerprint density at radius 3 is 2.70 bits per heavy atom. The van der Waals surface area contributed by atoms with Crippen LogP contribution in [-0.4, -0.2) is 23.9 Å². The molecule has 0 aliphatic heterocycles. The molecule has 0 saturated heterocycles. The van der Waals surface area contributed by atoms with Gasteiger partial charge in [-0.2, -0.15) is 0 Å². The van der Waals surface area contributed by atoms with Crippen molar-refractivity contribution in [3.05, 3.63) is 56.7 Å². The van der Waals surface area contributed by atoms with Crippen LogP contribution < -0.4 is 5.73 Å². The summed E-state index contributed by atoms with van der Waals surface area (Å²) in [5.74, 6) is -0.0293. The first-order chi connectivity index (χ1) is 9.56. The third-order valence-corrected chi connectivity index (χ3v) is 4.69. The number of carbonyl (C=O) groups excluding carboxylic acids is 1. The fraction of sp³-hybridized carbons (Fsp3) is 0.267. The topological polar surface area (TPSA) is 46.3 Å². The van der Waals surface area contributed by atoms with Gasteiger partial charge >= 0.3 is 0 Å². The van der Waals surface area contributed by atoms with Crippen molar-refractivity contribution in [2.24, 2.45) is 5.73 Å². The van der Waals surface area contributed by atoms with Gasteiger partial charge in [-0.05, 0) is 34.0 Å². The lowest BCUT2D eigenvalue weighted by Gasteiger charge is -2.20. The predicted octanol–water partition coefficient (Wildman–Crippen LogP) is 3.04. The first-order valence-corrected chi connectivity index (χ1v) is 8.01. The molecule has 2 aromatic rings. The van der Waals surface area contributed by atoms with E-state index in [9.17, 15) is 4.79 Å². The first-order valence-electron chi connectivity index (χ1n) is 6.33. The van der Waals surface area contributed by atoms with Crippen LogP contribution in [0.3, 0.4) is 0 Å². The predicted molar refractivity (Wildman–Crippen MR) is 86.6 cm³/mol. The van der Waals surface area contributed by atoms with Crippen LogP contribution in [0.25, 0.3) is 0 Å². The summed E-state index contributed by atoms with van der Waals surface area (Å²) in [6.45, 7) is 0.595. The Morgan fingerprint density at radius 2 is 2.10 bits per heavy atom. The van der Waals surface area contributed by atoms with E-state index in [0.29, 0.717) is 13.0 Å². The molecule has 1 heterocycles. The molecule has 1 unspecified atom stereocenters. The molecule has 2 N–H and O–H groups in total. The van der Waals surface area contributed by atoms with Crippen LogP contribution >= 0.6 is 27.3 Å². The highest BCUT2D eigenvalue weighted by Gasteiger charge is 2.18. The molecule has 0 fully saturated rings. The van der Waals surface area contributed by atoms with Crippen molar-refractivity contribution in [1.29, 1.82) is 0 Å². The zero-order valence-electron chi connectivity index (χ0n) is 11.3. The van der Waals surface area contributed by atoms with E-state index in [1.54, 1.807) is 23.3 Å². The van der Waals surface area contributed by atoms with E-state index in [1.807, 2.05) is 41.8 Å². The van der Waals surface area contributed by atoms with Crippen LogP contribution in [0.15, 0.2) is 46.3 Å². The highest BCUT2D eigenvalue weighted by atomic mass is 79.9. The number of carbonyl (C=O) groups is 1. The number of amides is 1. The molecule has 3 nitrogen and oxygen atoms in total. The summed E-state index contributed by atoms with van der Waals surface area (Å²) in [6, 6.07) is 11.4. The maximum atomic E-state index is 12.3. The summed E-state index contributed by atoms with van der Waals surface area (Å²) in [4.78, 5) is 15.1. The lowest BCUT2D eigenvalue weighted by atomic mass is 10.1. The van der Waals surface area contributed by atoms with Crippen molar-refractivity contribution >= 4 is 33.2 Å². The Hall–Kier alpha value is -1.17. The molecule has 1 aromatic heterocycles. The summed E-state index contributed by atoms with van der Waals surface area (Å²) in [5, 5.41) is 2.01.